The number of rotatable bonds is 7. The molecule has 0 saturated heterocycles. The van der Waals surface area contributed by atoms with Crippen molar-refractivity contribution in [1.82, 2.24) is 5.32 Å². The second-order valence-corrected chi connectivity index (χ2v) is 11.5. The number of carbonyl (C=O) groups excluding carboxylic acids is 1. The minimum atomic E-state index is -3.94. The molecule has 6 heteroatoms. The number of hydrogen-bond acceptors (Lipinski definition) is 3. The highest BCUT2D eigenvalue weighted by atomic mass is 32.2. The van der Waals surface area contributed by atoms with Gasteiger partial charge in [0, 0.05) is 0 Å². The van der Waals surface area contributed by atoms with Crippen molar-refractivity contribution in [2.45, 2.75) is 64.3 Å². The maximum absolute atomic E-state index is 13.6. The van der Waals surface area contributed by atoms with E-state index in [1.165, 1.54) is 28.3 Å². The van der Waals surface area contributed by atoms with E-state index in [0.717, 1.165) is 35.1 Å². The highest BCUT2D eigenvalue weighted by molar-refractivity contribution is 7.92. The molecule has 5 nitrogen and oxygen atoms in total. The maximum Gasteiger partial charge on any atom is 0.264 e. The van der Waals surface area contributed by atoms with Gasteiger partial charge in [0.1, 0.15) is 6.54 Å². The van der Waals surface area contributed by atoms with E-state index in [9.17, 15) is 13.2 Å². The molecule has 0 bridgehead atoms. The summed E-state index contributed by atoms with van der Waals surface area (Å²) in [6.45, 7) is 7.47. The molecular weight excluding hydrogens is 456 g/mol. The van der Waals surface area contributed by atoms with Crippen LogP contribution in [0.5, 0.6) is 0 Å². The molecule has 184 valence electrons. The molecule has 0 spiro atoms. The van der Waals surface area contributed by atoms with Crippen molar-refractivity contribution in [1.29, 1.82) is 0 Å². The lowest BCUT2D eigenvalue weighted by Gasteiger charge is -2.26. The zero-order chi connectivity index (χ0) is 25.2. The predicted molar refractivity (Wildman–Crippen MR) is 141 cm³/mol. The van der Waals surface area contributed by atoms with Gasteiger partial charge in [0.15, 0.2) is 0 Å². The largest absolute Gasteiger partial charge is 0.348 e. The van der Waals surface area contributed by atoms with Gasteiger partial charge < -0.3 is 5.32 Å². The summed E-state index contributed by atoms with van der Waals surface area (Å²) in [5.74, 6) is -0.343. The average Bonchev–Trinajstić information content (AvgIpc) is 2.84. The average molecular weight is 491 g/mol. The minimum Gasteiger partial charge on any atom is -0.348 e. The van der Waals surface area contributed by atoms with E-state index in [1.54, 1.807) is 30.3 Å². The fourth-order valence-electron chi connectivity index (χ4n) is 4.56. The van der Waals surface area contributed by atoms with Gasteiger partial charge in [-0.1, -0.05) is 42.0 Å². The molecular formula is C29H34N2O3S. The summed E-state index contributed by atoms with van der Waals surface area (Å²) in [4.78, 5) is 13.3. The Morgan fingerprint density at radius 1 is 0.886 bits per heavy atom. The third-order valence-electron chi connectivity index (χ3n) is 6.92. The molecule has 1 unspecified atom stereocenters. The summed E-state index contributed by atoms with van der Waals surface area (Å²) in [6.07, 6.45) is 4.60. The zero-order valence-electron chi connectivity index (χ0n) is 21.0. The number of nitrogens with one attached hydrogen (secondary N) is 1. The monoisotopic (exact) mass is 490 g/mol. The number of amides is 1. The first-order chi connectivity index (χ1) is 16.6. The third-order valence-corrected chi connectivity index (χ3v) is 8.71. The lowest BCUT2D eigenvalue weighted by atomic mass is 9.89. The number of carbonyl (C=O) groups is 1. The van der Waals surface area contributed by atoms with Gasteiger partial charge in [0.25, 0.3) is 10.0 Å². The second-order valence-electron chi connectivity index (χ2n) is 9.62. The summed E-state index contributed by atoms with van der Waals surface area (Å²) >= 11 is 0. The molecule has 3 aromatic carbocycles. The van der Waals surface area contributed by atoms with Crippen LogP contribution in [0.15, 0.2) is 65.6 Å². The van der Waals surface area contributed by atoms with E-state index in [4.69, 9.17) is 0 Å². The molecule has 1 aliphatic rings. The van der Waals surface area contributed by atoms with E-state index in [-0.39, 0.29) is 23.4 Å². The Hall–Kier alpha value is -3.12. The van der Waals surface area contributed by atoms with Crippen LogP contribution in [0, 0.1) is 20.8 Å². The van der Waals surface area contributed by atoms with Crippen LogP contribution in [0.3, 0.4) is 0 Å². The van der Waals surface area contributed by atoms with Crippen LogP contribution in [-0.4, -0.2) is 20.9 Å². The Morgan fingerprint density at radius 2 is 1.57 bits per heavy atom. The number of fused-ring (bicyclic) bond motifs is 1. The molecule has 4 rings (SSSR count). The second kappa shape index (κ2) is 10.2. The van der Waals surface area contributed by atoms with Gasteiger partial charge in [0.2, 0.25) is 5.91 Å². The van der Waals surface area contributed by atoms with Crippen LogP contribution in [-0.2, 0) is 27.7 Å². The normalized spacial score (nSPS) is 14.2. The summed E-state index contributed by atoms with van der Waals surface area (Å²) in [5.41, 5.74) is 7.26. The van der Waals surface area contributed by atoms with Gasteiger partial charge in [-0.05, 0) is 105 Å². The van der Waals surface area contributed by atoms with E-state index in [0.29, 0.717) is 5.69 Å². The fourth-order valence-corrected chi connectivity index (χ4v) is 5.97. The van der Waals surface area contributed by atoms with Gasteiger partial charge in [-0.25, -0.2) is 8.42 Å². The van der Waals surface area contributed by atoms with Gasteiger partial charge >= 0.3 is 0 Å². The summed E-state index contributed by atoms with van der Waals surface area (Å²) in [7, 11) is -3.94. The molecule has 0 saturated carbocycles. The molecule has 1 N–H and O–H groups in total. The number of benzene rings is 3. The standard InChI is InChI=1S/C29H34N2O3S/c1-20-9-15-28(16-10-20)35(33,34)31(27-14-11-21(2)22(3)17-27)19-29(32)30-23(4)25-13-12-24-7-5-6-8-26(24)18-25/h9-18,23H,5-8,19H2,1-4H3,(H,30,32). The van der Waals surface area contributed by atoms with Crippen molar-refractivity contribution in [3.63, 3.8) is 0 Å². The van der Waals surface area contributed by atoms with E-state index in [1.807, 2.05) is 39.8 Å². The molecule has 0 heterocycles. The van der Waals surface area contributed by atoms with Crippen molar-refractivity contribution < 1.29 is 13.2 Å². The number of nitrogens with zero attached hydrogens (tertiary/aromatic N) is 1. The van der Waals surface area contributed by atoms with Crippen molar-refractivity contribution in [3.8, 4) is 0 Å². The molecule has 3 aromatic rings. The van der Waals surface area contributed by atoms with Crippen molar-refractivity contribution in [3.05, 3.63) is 94.0 Å². The smallest absolute Gasteiger partial charge is 0.264 e. The van der Waals surface area contributed by atoms with E-state index in [2.05, 4.69) is 23.5 Å². The number of hydrogen-bond donors (Lipinski definition) is 1. The molecule has 1 aliphatic carbocycles. The molecule has 1 amide bonds. The highest BCUT2D eigenvalue weighted by Gasteiger charge is 2.28. The lowest BCUT2D eigenvalue weighted by molar-refractivity contribution is -0.120. The Balaban J connectivity index is 1.59. The molecule has 0 radical (unpaired) electrons. The van der Waals surface area contributed by atoms with Crippen molar-refractivity contribution >= 4 is 21.6 Å². The summed E-state index contributed by atoms with van der Waals surface area (Å²) in [6, 6.07) is 18.4. The number of sulfonamides is 1. The van der Waals surface area contributed by atoms with E-state index >= 15 is 0 Å². The first kappa shape index (κ1) is 25.0. The topological polar surface area (TPSA) is 66.5 Å². The first-order valence-corrected chi connectivity index (χ1v) is 13.7. The molecule has 35 heavy (non-hydrogen) atoms. The first-order valence-electron chi connectivity index (χ1n) is 12.2. The molecule has 0 fully saturated rings. The van der Waals surface area contributed by atoms with Gasteiger partial charge in [-0.3, -0.25) is 9.10 Å². The molecule has 1 atom stereocenters. The van der Waals surface area contributed by atoms with Crippen molar-refractivity contribution in [2.75, 3.05) is 10.8 Å². The van der Waals surface area contributed by atoms with E-state index < -0.39 is 10.0 Å². The van der Waals surface area contributed by atoms with Crippen LogP contribution in [0.4, 0.5) is 5.69 Å². The van der Waals surface area contributed by atoms with Gasteiger partial charge in [0.05, 0.1) is 16.6 Å². The maximum atomic E-state index is 13.6. The highest BCUT2D eigenvalue weighted by Crippen LogP contribution is 2.27. The predicted octanol–water partition coefficient (Wildman–Crippen LogP) is 5.56. The van der Waals surface area contributed by atoms with Crippen LogP contribution in [0.25, 0.3) is 0 Å². The number of anilines is 1. The minimum absolute atomic E-state index is 0.164. The quantitative estimate of drug-likeness (QED) is 0.471. The Bertz CT molecular complexity index is 1330. The summed E-state index contributed by atoms with van der Waals surface area (Å²) < 4.78 is 28.5. The Kier molecular flexibility index (Phi) is 7.31. The van der Waals surface area contributed by atoms with Crippen LogP contribution in [0.1, 0.15) is 59.2 Å². The zero-order valence-corrected chi connectivity index (χ0v) is 21.8. The Morgan fingerprint density at radius 3 is 2.26 bits per heavy atom. The van der Waals surface area contributed by atoms with Crippen LogP contribution in [0.2, 0.25) is 0 Å². The lowest BCUT2D eigenvalue weighted by Crippen LogP contribution is -2.41. The molecule has 0 aromatic heterocycles. The van der Waals surface area contributed by atoms with Gasteiger partial charge in [-0.15, -0.1) is 0 Å². The Labute approximate surface area is 209 Å². The third kappa shape index (κ3) is 5.59. The fraction of sp³-hybridized carbons (Fsp3) is 0.345. The summed E-state index contributed by atoms with van der Waals surface area (Å²) in [5, 5.41) is 3.02. The number of aryl methyl sites for hydroxylation is 5. The van der Waals surface area contributed by atoms with Crippen molar-refractivity contribution in [2.24, 2.45) is 0 Å². The van der Waals surface area contributed by atoms with Gasteiger partial charge in [-0.2, -0.15) is 0 Å². The van der Waals surface area contributed by atoms with Crippen LogP contribution < -0.4 is 9.62 Å². The SMILES string of the molecule is Cc1ccc(S(=O)(=O)N(CC(=O)NC(C)c2ccc3c(c2)CCCC3)c2ccc(C)c(C)c2)cc1. The van der Waals surface area contributed by atoms with Crippen LogP contribution >= 0.6 is 0 Å². The molecule has 0 aliphatic heterocycles.